The van der Waals surface area contributed by atoms with E-state index in [-0.39, 0.29) is 0 Å². The third-order valence-corrected chi connectivity index (χ3v) is 4.33. The molecule has 114 valence electrons. The van der Waals surface area contributed by atoms with Crippen LogP contribution in [0.3, 0.4) is 0 Å². The van der Waals surface area contributed by atoms with E-state index in [2.05, 4.69) is 44.1 Å². The number of thiazole rings is 1. The molecule has 0 saturated heterocycles. The highest BCUT2D eigenvalue weighted by Crippen LogP contribution is 2.22. The van der Waals surface area contributed by atoms with E-state index in [1.54, 1.807) is 11.3 Å². The number of rotatable bonds is 7. The predicted octanol–water partition coefficient (Wildman–Crippen LogP) is 4.08. The van der Waals surface area contributed by atoms with Gasteiger partial charge in [-0.15, -0.1) is 11.3 Å². The van der Waals surface area contributed by atoms with E-state index in [1.807, 2.05) is 18.3 Å². The second-order valence-electron chi connectivity index (χ2n) is 5.73. The summed E-state index contributed by atoms with van der Waals surface area (Å²) >= 11 is 1.72. The van der Waals surface area contributed by atoms with E-state index >= 15 is 0 Å². The van der Waals surface area contributed by atoms with Crippen LogP contribution in [-0.2, 0) is 13.2 Å². The largest absolute Gasteiger partial charge is 0.486 e. The fourth-order valence-corrected chi connectivity index (χ4v) is 2.81. The molecule has 0 spiro atoms. The molecule has 0 aliphatic carbocycles. The Hall–Kier alpha value is -1.39. The Morgan fingerprint density at radius 3 is 2.86 bits per heavy atom. The fraction of sp³-hybridized carbons (Fsp3) is 0.471. The van der Waals surface area contributed by atoms with Crippen molar-refractivity contribution in [2.45, 2.75) is 40.8 Å². The van der Waals surface area contributed by atoms with Crippen LogP contribution in [0.2, 0.25) is 0 Å². The van der Waals surface area contributed by atoms with E-state index < -0.39 is 0 Å². The molecule has 1 aromatic heterocycles. The Morgan fingerprint density at radius 1 is 1.29 bits per heavy atom. The lowest BCUT2D eigenvalue weighted by molar-refractivity contribution is 0.303. The number of hydrogen-bond acceptors (Lipinski definition) is 4. The van der Waals surface area contributed by atoms with Gasteiger partial charge in [-0.05, 0) is 43.5 Å². The molecule has 4 heteroatoms. The van der Waals surface area contributed by atoms with E-state index in [0.717, 1.165) is 23.8 Å². The van der Waals surface area contributed by atoms with Gasteiger partial charge in [-0.25, -0.2) is 4.98 Å². The lowest BCUT2D eigenvalue weighted by Gasteiger charge is -2.09. The molecule has 0 bridgehead atoms. The van der Waals surface area contributed by atoms with Crippen molar-refractivity contribution in [3.8, 4) is 5.75 Å². The molecule has 0 radical (unpaired) electrons. The smallest absolute Gasteiger partial charge is 0.140 e. The van der Waals surface area contributed by atoms with Crippen molar-refractivity contribution in [1.29, 1.82) is 0 Å². The second-order valence-corrected chi connectivity index (χ2v) is 6.93. The van der Waals surface area contributed by atoms with Gasteiger partial charge in [0, 0.05) is 17.6 Å². The normalized spacial score (nSPS) is 11.1. The first-order chi connectivity index (χ1) is 10.1. The van der Waals surface area contributed by atoms with Crippen molar-refractivity contribution in [2.75, 3.05) is 6.54 Å². The summed E-state index contributed by atoms with van der Waals surface area (Å²) in [5, 5.41) is 4.46. The fourth-order valence-electron chi connectivity index (χ4n) is 2.00. The Labute approximate surface area is 131 Å². The average Bonchev–Trinajstić information content (AvgIpc) is 2.88. The molecule has 3 nitrogen and oxygen atoms in total. The number of nitrogens with zero attached hydrogens (tertiary/aromatic N) is 1. The summed E-state index contributed by atoms with van der Waals surface area (Å²) in [6.07, 6.45) is 1.94. The summed E-state index contributed by atoms with van der Waals surface area (Å²) in [5.41, 5.74) is 2.46. The van der Waals surface area contributed by atoms with Gasteiger partial charge in [0.2, 0.25) is 0 Å². The molecular weight excluding hydrogens is 280 g/mol. The number of aryl methyl sites for hydroxylation is 1. The number of ether oxygens (including phenoxy) is 1. The summed E-state index contributed by atoms with van der Waals surface area (Å²) in [7, 11) is 0. The van der Waals surface area contributed by atoms with Crippen molar-refractivity contribution in [1.82, 2.24) is 10.3 Å². The third-order valence-electron chi connectivity index (χ3n) is 3.36. The monoisotopic (exact) mass is 304 g/mol. The number of nitrogens with one attached hydrogen (secondary N) is 1. The Balaban J connectivity index is 1.86. The van der Waals surface area contributed by atoms with Gasteiger partial charge < -0.3 is 10.1 Å². The molecule has 0 aliphatic rings. The lowest BCUT2D eigenvalue weighted by atomic mass is 10.1. The third kappa shape index (κ3) is 4.83. The first kappa shape index (κ1) is 16.0. The van der Waals surface area contributed by atoms with Gasteiger partial charge in [0.15, 0.2) is 0 Å². The van der Waals surface area contributed by atoms with Gasteiger partial charge in [-0.3, -0.25) is 0 Å². The minimum Gasteiger partial charge on any atom is -0.486 e. The van der Waals surface area contributed by atoms with Crippen LogP contribution in [-0.4, -0.2) is 11.5 Å². The Morgan fingerprint density at radius 2 is 2.10 bits per heavy atom. The van der Waals surface area contributed by atoms with E-state index in [9.17, 15) is 0 Å². The summed E-state index contributed by atoms with van der Waals surface area (Å²) in [4.78, 5) is 5.69. The number of benzene rings is 1. The molecule has 1 N–H and O–H groups in total. The molecule has 1 heterocycles. The maximum absolute atomic E-state index is 5.89. The minimum atomic E-state index is 0.541. The molecular formula is C17H24N2OS. The molecule has 0 amide bonds. The molecule has 2 rings (SSSR count). The number of hydrogen-bond donors (Lipinski definition) is 1. The summed E-state index contributed by atoms with van der Waals surface area (Å²) in [6.45, 7) is 11.1. The number of aromatic nitrogens is 1. The minimum absolute atomic E-state index is 0.541. The van der Waals surface area contributed by atoms with Crippen molar-refractivity contribution < 1.29 is 4.74 Å². The summed E-state index contributed by atoms with van der Waals surface area (Å²) in [5.74, 6) is 1.62. The lowest BCUT2D eigenvalue weighted by Crippen LogP contribution is -2.18. The van der Waals surface area contributed by atoms with E-state index in [0.29, 0.717) is 12.5 Å². The first-order valence-electron chi connectivity index (χ1n) is 7.39. The first-order valence-corrected chi connectivity index (χ1v) is 8.21. The van der Waals surface area contributed by atoms with Gasteiger partial charge in [0.1, 0.15) is 17.4 Å². The molecule has 1 aromatic carbocycles. The topological polar surface area (TPSA) is 34.1 Å². The van der Waals surface area contributed by atoms with Crippen LogP contribution in [0.1, 0.15) is 34.9 Å². The quantitative estimate of drug-likeness (QED) is 0.837. The predicted molar refractivity (Wildman–Crippen MR) is 88.9 cm³/mol. The molecule has 0 fully saturated rings. The van der Waals surface area contributed by atoms with E-state index in [4.69, 9.17) is 4.74 Å². The van der Waals surface area contributed by atoms with Crippen molar-refractivity contribution in [3.63, 3.8) is 0 Å². The van der Waals surface area contributed by atoms with Crippen LogP contribution >= 0.6 is 11.3 Å². The van der Waals surface area contributed by atoms with Crippen LogP contribution in [0.4, 0.5) is 0 Å². The van der Waals surface area contributed by atoms with Crippen LogP contribution < -0.4 is 10.1 Å². The second kappa shape index (κ2) is 7.57. The highest BCUT2D eigenvalue weighted by atomic mass is 32.1. The van der Waals surface area contributed by atoms with Gasteiger partial charge in [-0.2, -0.15) is 0 Å². The van der Waals surface area contributed by atoms with Crippen molar-refractivity contribution >= 4 is 11.3 Å². The summed E-state index contributed by atoms with van der Waals surface area (Å²) in [6, 6.07) is 6.14. The zero-order valence-corrected chi connectivity index (χ0v) is 14.1. The molecule has 2 aromatic rings. The SMILES string of the molecule is Cc1cccc(OCc2ncc(CNCC(C)C)s2)c1C. The zero-order valence-electron chi connectivity index (χ0n) is 13.3. The van der Waals surface area contributed by atoms with Crippen molar-refractivity contribution in [2.24, 2.45) is 5.92 Å². The van der Waals surface area contributed by atoms with Gasteiger partial charge in [-0.1, -0.05) is 26.0 Å². The van der Waals surface area contributed by atoms with Crippen LogP contribution in [0.25, 0.3) is 0 Å². The van der Waals surface area contributed by atoms with Gasteiger partial charge in [0.05, 0.1) is 0 Å². The molecule has 0 atom stereocenters. The Kier molecular flexibility index (Phi) is 5.76. The molecule has 0 saturated carbocycles. The standard InChI is InChI=1S/C17H24N2OS/c1-12(2)8-18-9-15-10-19-17(21-15)11-20-16-7-5-6-13(3)14(16)4/h5-7,10,12,18H,8-9,11H2,1-4H3. The van der Waals surface area contributed by atoms with Crippen LogP contribution in [0.5, 0.6) is 5.75 Å². The molecule has 0 unspecified atom stereocenters. The van der Waals surface area contributed by atoms with E-state index in [1.165, 1.54) is 16.0 Å². The highest BCUT2D eigenvalue weighted by Gasteiger charge is 2.06. The molecule has 0 aliphatic heterocycles. The van der Waals surface area contributed by atoms with Crippen LogP contribution in [0, 0.1) is 19.8 Å². The zero-order chi connectivity index (χ0) is 15.2. The molecule has 21 heavy (non-hydrogen) atoms. The van der Waals surface area contributed by atoms with Gasteiger partial charge in [0.25, 0.3) is 0 Å². The maximum Gasteiger partial charge on any atom is 0.140 e. The van der Waals surface area contributed by atoms with Crippen LogP contribution in [0.15, 0.2) is 24.4 Å². The highest BCUT2D eigenvalue weighted by molar-refractivity contribution is 7.11. The van der Waals surface area contributed by atoms with Gasteiger partial charge >= 0.3 is 0 Å². The maximum atomic E-state index is 5.89. The van der Waals surface area contributed by atoms with Crippen molar-refractivity contribution in [3.05, 3.63) is 45.4 Å². The Bertz CT molecular complexity index is 578. The average molecular weight is 304 g/mol. The summed E-state index contributed by atoms with van der Waals surface area (Å²) < 4.78 is 5.89.